The molecule has 0 amide bonds. The molecule has 9 aromatic carbocycles. The Morgan fingerprint density at radius 3 is 1.73 bits per heavy atom. The van der Waals surface area contributed by atoms with Crippen LogP contribution in [-0.4, -0.2) is 17.2 Å². The highest BCUT2D eigenvalue weighted by Crippen LogP contribution is 2.39. The molecule has 1 unspecified atom stereocenters. The van der Waals surface area contributed by atoms with Crippen molar-refractivity contribution in [3.8, 4) is 22.5 Å². The summed E-state index contributed by atoms with van der Waals surface area (Å²) in [5.74, 6) is 0. The lowest BCUT2D eigenvalue weighted by atomic mass is 10.0. The number of hydrogen-bond acceptors (Lipinski definition) is 1. The van der Waals surface area contributed by atoms with Crippen molar-refractivity contribution < 1.29 is 4.42 Å². The van der Waals surface area contributed by atoms with Crippen molar-refractivity contribution in [2.75, 3.05) is 0 Å². The minimum absolute atomic E-state index is 0.914. The van der Waals surface area contributed by atoms with Crippen LogP contribution in [0.1, 0.15) is 12.8 Å². The first kappa shape index (κ1) is 36.7. The van der Waals surface area contributed by atoms with E-state index in [0.717, 1.165) is 40.5 Å². The second-order valence-corrected chi connectivity index (χ2v) is 21.0. The van der Waals surface area contributed by atoms with Gasteiger partial charge in [-0.1, -0.05) is 169 Å². The molecule has 4 heteroatoms. The molecule has 0 fully saturated rings. The van der Waals surface area contributed by atoms with Crippen molar-refractivity contribution in [2.45, 2.75) is 12.8 Å². The number of aromatic nitrogens is 2. The van der Waals surface area contributed by atoms with E-state index in [1.54, 1.807) is 0 Å². The molecule has 64 heavy (non-hydrogen) atoms. The highest BCUT2D eigenvalue weighted by atomic mass is 28.3. The molecule has 0 saturated carbocycles. The predicted molar refractivity (Wildman–Crippen MR) is 272 cm³/mol. The van der Waals surface area contributed by atoms with Crippen LogP contribution < -0.4 is 15.6 Å². The minimum atomic E-state index is -2.90. The van der Waals surface area contributed by atoms with E-state index >= 15 is 0 Å². The van der Waals surface area contributed by atoms with E-state index in [2.05, 4.69) is 234 Å². The number of fused-ring (bicyclic) bond motifs is 9. The Morgan fingerprint density at radius 1 is 0.375 bits per heavy atom. The van der Waals surface area contributed by atoms with Gasteiger partial charge in [-0.15, -0.1) is 0 Å². The first-order chi connectivity index (χ1) is 31.7. The van der Waals surface area contributed by atoms with Gasteiger partial charge >= 0.3 is 0 Å². The van der Waals surface area contributed by atoms with Crippen LogP contribution in [0.2, 0.25) is 0 Å². The monoisotopic (exact) mass is 834 g/mol. The molecule has 1 aliphatic carbocycles. The van der Waals surface area contributed by atoms with Crippen LogP contribution in [-0.2, 0) is 0 Å². The van der Waals surface area contributed by atoms with Gasteiger partial charge < -0.3 is 13.6 Å². The Balaban J connectivity index is 1.04. The molecular weight excluding hydrogens is 793 g/mol. The maximum absolute atomic E-state index is 6.44. The van der Waals surface area contributed by atoms with E-state index in [0.29, 0.717) is 0 Å². The molecule has 3 heterocycles. The number of para-hydroxylation sites is 4. The molecule has 12 aromatic rings. The summed E-state index contributed by atoms with van der Waals surface area (Å²) in [5, 5.41) is 12.9. The van der Waals surface area contributed by atoms with Gasteiger partial charge in [0, 0.05) is 43.7 Å². The SMILES string of the molecule is C1=CCCC([Si](c2ccccc2)(c2cccc(-c3ccc4c(c3)c3ccccc3n4-c3ccccc3)c2)c2cccc(-n3c4ccccc4c4cc5oc6ccccc6c5cc43)c2)=C1. The Hall–Kier alpha value is -7.92. The zero-order valence-electron chi connectivity index (χ0n) is 35.2. The van der Waals surface area contributed by atoms with Crippen LogP contribution in [0, 0.1) is 0 Å². The Bertz CT molecular complexity index is 3850. The van der Waals surface area contributed by atoms with Crippen molar-refractivity contribution in [1.29, 1.82) is 0 Å². The zero-order chi connectivity index (χ0) is 42.2. The van der Waals surface area contributed by atoms with Gasteiger partial charge in [0.15, 0.2) is 8.07 Å². The van der Waals surface area contributed by atoms with Gasteiger partial charge in [-0.05, 0) is 106 Å². The maximum atomic E-state index is 6.44. The van der Waals surface area contributed by atoms with Crippen molar-refractivity contribution in [2.24, 2.45) is 0 Å². The third-order valence-corrected chi connectivity index (χ3v) is 18.7. The van der Waals surface area contributed by atoms with Gasteiger partial charge in [0.1, 0.15) is 11.2 Å². The van der Waals surface area contributed by atoms with Crippen LogP contribution in [0.5, 0.6) is 0 Å². The molecule has 1 atom stereocenters. The first-order valence-electron chi connectivity index (χ1n) is 22.3. The van der Waals surface area contributed by atoms with Crippen LogP contribution in [0.4, 0.5) is 0 Å². The summed E-state index contributed by atoms with van der Waals surface area (Å²) >= 11 is 0. The fraction of sp³-hybridized carbons (Fsp3) is 0.0333. The number of benzene rings is 9. The van der Waals surface area contributed by atoms with E-state index in [1.165, 1.54) is 81.2 Å². The number of nitrogens with zero attached hydrogens (tertiary/aromatic N) is 2. The maximum Gasteiger partial charge on any atom is 0.175 e. The summed E-state index contributed by atoms with van der Waals surface area (Å²) in [4.78, 5) is 0. The Labute approximate surface area is 372 Å². The normalized spacial score (nSPS) is 14.0. The van der Waals surface area contributed by atoms with Gasteiger partial charge in [0.05, 0.1) is 22.1 Å². The third-order valence-electron chi connectivity index (χ3n) is 13.7. The largest absolute Gasteiger partial charge is 0.456 e. The van der Waals surface area contributed by atoms with Gasteiger partial charge in [-0.2, -0.15) is 0 Å². The molecule has 0 N–H and O–H groups in total. The third kappa shape index (κ3) is 5.52. The van der Waals surface area contributed by atoms with Gasteiger partial charge in [-0.25, -0.2) is 0 Å². The minimum Gasteiger partial charge on any atom is -0.456 e. The quantitative estimate of drug-likeness (QED) is 0.116. The van der Waals surface area contributed by atoms with E-state index in [-0.39, 0.29) is 0 Å². The molecule has 0 saturated heterocycles. The topological polar surface area (TPSA) is 23.0 Å². The summed E-state index contributed by atoms with van der Waals surface area (Å²) in [6, 6.07) is 78.8. The molecule has 0 bridgehead atoms. The highest BCUT2D eigenvalue weighted by Gasteiger charge is 2.43. The first-order valence-corrected chi connectivity index (χ1v) is 24.3. The fourth-order valence-corrected chi connectivity index (χ4v) is 16.0. The van der Waals surface area contributed by atoms with E-state index in [1.807, 2.05) is 6.07 Å². The lowest BCUT2D eigenvalue weighted by Gasteiger charge is -2.37. The Morgan fingerprint density at radius 2 is 0.969 bits per heavy atom. The molecule has 3 aromatic heterocycles. The van der Waals surface area contributed by atoms with E-state index < -0.39 is 8.07 Å². The van der Waals surface area contributed by atoms with Gasteiger partial charge in [-0.3, -0.25) is 0 Å². The van der Waals surface area contributed by atoms with Crippen LogP contribution in [0.25, 0.3) is 88.1 Å². The number of rotatable bonds is 7. The number of allylic oxidation sites excluding steroid dienone is 4. The van der Waals surface area contributed by atoms with Crippen molar-refractivity contribution in [3.63, 3.8) is 0 Å². The van der Waals surface area contributed by atoms with Crippen LogP contribution in [0.15, 0.2) is 240 Å². The molecular formula is C60H42N2OSi. The van der Waals surface area contributed by atoms with Crippen molar-refractivity contribution in [3.05, 3.63) is 236 Å². The smallest absolute Gasteiger partial charge is 0.175 e. The lowest BCUT2D eigenvalue weighted by Crippen LogP contribution is -2.68. The Kier molecular flexibility index (Phi) is 8.37. The summed E-state index contributed by atoms with van der Waals surface area (Å²) < 4.78 is 11.3. The lowest BCUT2D eigenvalue weighted by molar-refractivity contribution is 0.669. The average Bonchev–Trinajstić information content (AvgIpc) is 4.01. The number of furan rings is 1. The predicted octanol–water partition coefficient (Wildman–Crippen LogP) is 13.7. The highest BCUT2D eigenvalue weighted by molar-refractivity contribution is 7.16. The zero-order valence-corrected chi connectivity index (χ0v) is 36.2. The van der Waals surface area contributed by atoms with Crippen LogP contribution >= 0.6 is 0 Å². The molecule has 0 aliphatic heterocycles. The molecule has 1 aliphatic rings. The fourth-order valence-electron chi connectivity index (χ4n) is 10.9. The van der Waals surface area contributed by atoms with Crippen LogP contribution in [0.3, 0.4) is 0 Å². The van der Waals surface area contributed by atoms with E-state index in [9.17, 15) is 0 Å². The molecule has 0 spiro atoms. The van der Waals surface area contributed by atoms with E-state index in [4.69, 9.17) is 4.42 Å². The van der Waals surface area contributed by atoms with Gasteiger partial charge in [0.25, 0.3) is 0 Å². The molecule has 13 rings (SSSR count). The average molecular weight is 835 g/mol. The van der Waals surface area contributed by atoms with Gasteiger partial charge in [0.2, 0.25) is 0 Å². The molecule has 3 nitrogen and oxygen atoms in total. The standard InChI is InChI=1S/C60H42N2OSi/c1-4-19-43(20-5-1)61-55-31-13-10-28-49(55)52-37-42(34-35-57(52)61)41-18-16-26-47(36-41)64(45-22-6-2-7-23-45,46-24-8-3-9-25-46)48-27-17-21-44(38-48)62-56-32-14-11-29-50(56)53-40-60-54(39-58(53)62)51-30-12-15-33-59(51)63-60/h1-8,10-24,26-40H,9,25H2. The van der Waals surface area contributed by atoms with Crippen molar-refractivity contribution >= 4 is 89.2 Å². The summed E-state index contributed by atoms with van der Waals surface area (Å²) in [6.07, 6.45) is 9.09. The summed E-state index contributed by atoms with van der Waals surface area (Å²) in [7, 11) is -2.90. The number of hydrogen-bond donors (Lipinski definition) is 0. The summed E-state index contributed by atoms with van der Waals surface area (Å²) in [6.45, 7) is 0. The second-order valence-electron chi connectivity index (χ2n) is 17.1. The molecule has 302 valence electrons. The molecule has 0 radical (unpaired) electrons. The van der Waals surface area contributed by atoms with Crippen molar-refractivity contribution in [1.82, 2.24) is 9.13 Å². The second kappa shape index (κ2) is 14.6. The summed E-state index contributed by atoms with van der Waals surface area (Å²) in [5.41, 5.74) is 11.4.